The fraction of sp³-hybridized carbons (Fsp3) is 0.207. The van der Waals surface area contributed by atoms with E-state index in [2.05, 4.69) is 77.1 Å². The Balaban J connectivity index is 1.19. The van der Waals surface area contributed by atoms with E-state index in [0.717, 1.165) is 54.8 Å². The lowest BCUT2D eigenvalue weighted by atomic mass is 10.0. The van der Waals surface area contributed by atoms with Gasteiger partial charge in [-0.3, -0.25) is 0 Å². The molecule has 0 aliphatic carbocycles. The second-order valence-corrected chi connectivity index (χ2v) is 10.3. The first-order valence-electron chi connectivity index (χ1n) is 12.1. The molecule has 2 aliphatic heterocycles. The Morgan fingerprint density at radius 1 is 0.971 bits per heavy atom. The van der Waals surface area contributed by atoms with E-state index in [1.807, 2.05) is 30.3 Å². The number of rotatable bonds is 4. The maximum atomic E-state index is 5.95. The zero-order chi connectivity index (χ0) is 23.6. The number of hydrogen-bond acceptors (Lipinski definition) is 6. The summed E-state index contributed by atoms with van der Waals surface area (Å²) in [5.41, 5.74) is 4.56. The van der Waals surface area contributed by atoms with E-state index in [9.17, 15) is 0 Å². The van der Waals surface area contributed by atoms with Gasteiger partial charge < -0.3 is 20.3 Å². The van der Waals surface area contributed by atoms with E-state index < -0.39 is 0 Å². The number of anilines is 2. The number of hydrogen-bond donors (Lipinski definition) is 2. The lowest BCUT2D eigenvalue weighted by molar-refractivity contribution is 0.290. The van der Waals surface area contributed by atoms with Crippen LogP contribution in [0.3, 0.4) is 0 Å². The number of thiophene rings is 1. The molecule has 3 aromatic carbocycles. The number of nitrogens with one attached hydrogen (secondary N) is 2. The number of fused-ring (bicyclic) bond motifs is 2. The Morgan fingerprint density at radius 3 is 2.60 bits per heavy atom. The number of nitrogens with zero attached hydrogens (tertiary/aromatic N) is 2. The maximum absolute atomic E-state index is 5.95. The molecule has 1 atom stereocenters. The molecule has 1 saturated heterocycles. The molecule has 0 spiro atoms. The molecule has 176 valence electrons. The van der Waals surface area contributed by atoms with Gasteiger partial charge in [0, 0.05) is 30.6 Å². The summed E-state index contributed by atoms with van der Waals surface area (Å²) in [6, 6.07) is 29.3. The van der Waals surface area contributed by atoms with E-state index in [1.54, 1.807) is 11.3 Å². The highest BCUT2D eigenvalue weighted by atomic mass is 32.1. The van der Waals surface area contributed by atoms with E-state index in [0.29, 0.717) is 6.04 Å². The van der Waals surface area contributed by atoms with Crippen molar-refractivity contribution in [3.63, 3.8) is 0 Å². The molecule has 2 N–H and O–H groups in total. The number of aliphatic imine (C=N–C) groups is 1. The summed E-state index contributed by atoms with van der Waals surface area (Å²) in [5.74, 6) is 2.78. The topological polar surface area (TPSA) is 48.9 Å². The molecular weight excluding hydrogens is 452 g/mol. The monoisotopic (exact) mass is 480 g/mol. The summed E-state index contributed by atoms with van der Waals surface area (Å²) in [6.07, 6.45) is 0.958. The van der Waals surface area contributed by atoms with Gasteiger partial charge in [-0.15, -0.1) is 11.3 Å². The van der Waals surface area contributed by atoms with Crippen LogP contribution in [0.4, 0.5) is 16.4 Å². The minimum absolute atomic E-state index is 0.349. The van der Waals surface area contributed by atoms with Gasteiger partial charge in [0.25, 0.3) is 0 Å². The molecule has 0 bridgehead atoms. The van der Waals surface area contributed by atoms with Gasteiger partial charge in [0.1, 0.15) is 22.3 Å². The molecule has 1 aromatic heterocycles. The predicted octanol–water partition coefficient (Wildman–Crippen LogP) is 6.50. The summed E-state index contributed by atoms with van der Waals surface area (Å²) < 4.78 is 5.95. The quantitative estimate of drug-likeness (QED) is 0.350. The number of aryl methyl sites for hydroxylation is 1. The first-order chi connectivity index (χ1) is 17.2. The Kier molecular flexibility index (Phi) is 5.98. The third-order valence-corrected chi connectivity index (χ3v) is 7.38. The number of amidine groups is 1. The lowest BCUT2D eigenvalue weighted by Gasteiger charge is -2.36. The van der Waals surface area contributed by atoms with E-state index in [-0.39, 0.29) is 0 Å². The van der Waals surface area contributed by atoms with Gasteiger partial charge in [-0.05, 0) is 61.4 Å². The van der Waals surface area contributed by atoms with Gasteiger partial charge in [-0.1, -0.05) is 42.5 Å². The van der Waals surface area contributed by atoms with Crippen LogP contribution >= 0.6 is 11.3 Å². The van der Waals surface area contributed by atoms with Crippen LogP contribution in [0, 0.1) is 6.92 Å². The van der Waals surface area contributed by atoms with Gasteiger partial charge in [-0.25, -0.2) is 4.99 Å². The Labute approximate surface area is 210 Å². The smallest absolute Gasteiger partial charge is 0.139 e. The molecule has 3 heterocycles. The SMILES string of the molecule is Cc1cc2c(s1)Nc1ccccc1N=C2N1CCN[C@@H](Cc2ccc(Oc3ccccc3)cc2)C1. The molecule has 2 aliphatic rings. The van der Waals surface area contributed by atoms with E-state index >= 15 is 0 Å². The Bertz CT molecular complexity index is 1350. The molecular formula is C29H28N4OS. The zero-order valence-electron chi connectivity index (χ0n) is 19.7. The third-order valence-electron chi connectivity index (χ3n) is 6.41. The average molecular weight is 481 g/mol. The number of ether oxygens (including phenoxy) is 1. The van der Waals surface area contributed by atoms with Crippen molar-refractivity contribution in [2.24, 2.45) is 4.99 Å². The first-order valence-corrected chi connectivity index (χ1v) is 12.9. The van der Waals surface area contributed by atoms with Crippen molar-refractivity contribution in [3.8, 4) is 11.5 Å². The predicted molar refractivity (Wildman–Crippen MR) is 145 cm³/mol. The standard InChI is InChI=1S/C29H28N4OS/c1-20-17-25-28(31-26-9-5-6-10-27(26)32-29(25)35-20)33-16-15-30-22(19-33)18-21-11-13-24(14-12-21)34-23-7-3-2-4-8-23/h2-14,17,22,30,32H,15-16,18-19H2,1H3/t22-/m0/s1. The minimum Gasteiger partial charge on any atom is -0.457 e. The summed E-state index contributed by atoms with van der Waals surface area (Å²) in [7, 11) is 0. The largest absolute Gasteiger partial charge is 0.457 e. The first kappa shape index (κ1) is 21.9. The maximum Gasteiger partial charge on any atom is 0.139 e. The van der Waals surface area contributed by atoms with Crippen LogP contribution in [-0.2, 0) is 6.42 Å². The molecule has 35 heavy (non-hydrogen) atoms. The molecule has 6 heteroatoms. The van der Waals surface area contributed by atoms with Crippen molar-refractivity contribution in [3.05, 3.63) is 101 Å². The van der Waals surface area contributed by atoms with E-state index in [1.165, 1.54) is 21.0 Å². The average Bonchev–Trinajstić information content (AvgIpc) is 3.17. The van der Waals surface area contributed by atoms with Crippen molar-refractivity contribution in [1.29, 1.82) is 0 Å². The highest BCUT2D eigenvalue weighted by molar-refractivity contribution is 7.16. The number of piperazine rings is 1. The van der Waals surface area contributed by atoms with Crippen LogP contribution in [0.15, 0.2) is 89.9 Å². The van der Waals surface area contributed by atoms with Gasteiger partial charge in [0.05, 0.1) is 16.9 Å². The van der Waals surface area contributed by atoms with Crippen molar-refractivity contribution in [2.75, 3.05) is 25.0 Å². The second-order valence-electron chi connectivity index (χ2n) is 9.04. The zero-order valence-corrected chi connectivity index (χ0v) is 20.5. The summed E-state index contributed by atoms with van der Waals surface area (Å²) >= 11 is 1.79. The summed E-state index contributed by atoms with van der Waals surface area (Å²) in [6.45, 7) is 4.95. The Morgan fingerprint density at radius 2 is 1.74 bits per heavy atom. The normalized spacial score (nSPS) is 17.0. The number of benzene rings is 3. The molecule has 6 rings (SSSR count). The fourth-order valence-electron chi connectivity index (χ4n) is 4.75. The van der Waals surface area contributed by atoms with Gasteiger partial charge >= 0.3 is 0 Å². The molecule has 0 saturated carbocycles. The van der Waals surface area contributed by atoms with E-state index in [4.69, 9.17) is 9.73 Å². The molecule has 0 radical (unpaired) electrons. The highest BCUT2D eigenvalue weighted by Gasteiger charge is 2.27. The molecule has 1 fully saturated rings. The Hall–Kier alpha value is -3.61. The number of para-hydroxylation sites is 3. The summed E-state index contributed by atoms with van der Waals surface area (Å²) in [4.78, 5) is 8.89. The second kappa shape index (κ2) is 9.56. The minimum atomic E-state index is 0.349. The van der Waals surface area contributed by atoms with Crippen LogP contribution in [0.1, 0.15) is 16.0 Å². The summed E-state index contributed by atoms with van der Waals surface area (Å²) in [5, 5.41) is 8.51. The van der Waals surface area contributed by atoms with Crippen LogP contribution in [0.5, 0.6) is 11.5 Å². The van der Waals surface area contributed by atoms with Crippen molar-refractivity contribution in [2.45, 2.75) is 19.4 Å². The molecule has 0 amide bonds. The van der Waals surface area contributed by atoms with Crippen LogP contribution in [0.2, 0.25) is 0 Å². The highest BCUT2D eigenvalue weighted by Crippen LogP contribution is 2.39. The molecule has 5 nitrogen and oxygen atoms in total. The van der Waals surface area contributed by atoms with Gasteiger partial charge in [-0.2, -0.15) is 0 Å². The van der Waals surface area contributed by atoms with Crippen LogP contribution in [-0.4, -0.2) is 36.4 Å². The molecule has 0 unspecified atom stereocenters. The van der Waals surface area contributed by atoms with Crippen LogP contribution < -0.4 is 15.4 Å². The lowest BCUT2D eigenvalue weighted by Crippen LogP contribution is -2.53. The van der Waals surface area contributed by atoms with Crippen LogP contribution in [0.25, 0.3) is 0 Å². The van der Waals surface area contributed by atoms with Gasteiger partial charge in [0.15, 0.2) is 0 Å². The molecule has 4 aromatic rings. The fourth-order valence-corrected chi connectivity index (χ4v) is 5.66. The third kappa shape index (κ3) is 4.81. The van der Waals surface area contributed by atoms with Crippen molar-refractivity contribution < 1.29 is 4.74 Å². The van der Waals surface area contributed by atoms with Crippen molar-refractivity contribution >= 4 is 33.5 Å². The van der Waals surface area contributed by atoms with Crippen molar-refractivity contribution in [1.82, 2.24) is 10.2 Å². The van der Waals surface area contributed by atoms with Gasteiger partial charge in [0.2, 0.25) is 0 Å².